The van der Waals surface area contributed by atoms with Gasteiger partial charge in [0.05, 0.1) is 5.69 Å². The van der Waals surface area contributed by atoms with E-state index in [-0.39, 0.29) is 0 Å². The van der Waals surface area contributed by atoms with Gasteiger partial charge in [0.25, 0.3) is 0 Å². The zero-order valence-corrected chi connectivity index (χ0v) is 9.36. The Bertz CT molecular complexity index is 485. The van der Waals surface area contributed by atoms with E-state index in [4.69, 9.17) is 5.73 Å². The standard InChI is InChI=1S/C11H16N4/c1-7(2)10-14-9-5-4-8(6-12)13-11(9)15(10)3/h4-5,7H,6,12H2,1-3H3. The minimum atomic E-state index is 0.408. The van der Waals surface area contributed by atoms with Crippen LogP contribution in [0.3, 0.4) is 0 Å². The fourth-order valence-electron chi connectivity index (χ4n) is 1.75. The van der Waals surface area contributed by atoms with Gasteiger partial charge in [-0.2, -0.15) is 0 Å². The Kier molecular flexibility index (Phi) is 2.44. The van der Waals surface area contributed by atoms with Crippen molar-refractivity contribution in [2.24, 2.45) is 12.8 Å². The number of pyridine rings is 1. The fraction of sp³-hybridized carbons (Fsp3) is 0.455. The lowest BCUT2D eigenvalue weighted by Crippen LogP contribution is -2.02. The van der Waals surface area contributed by atoms with Crippen LogP contribution in [0.15, 0.2) is 12.1 Å². The average molecular weight is 204 g/mol. The Labute approximate surface area is 89.1 Å². The maximum absolute atomic E-state index is 5.57. The molecule has 0 saturated heterocycles. The molecule has 0 aromatic carbocycles. The van der Waals surface area contributed by atoms with Gasteiger partial charge in [0.2, 0.25) is 0 Å². The summed E-state index contributed by atoms with van der Waals surface area (Å²) in [6.45, 7) is 4.73. The van der Waals surface area contributed by atoms with E-state index in [1.807, 2.05) is 23.7 Å². The largest absolute Gasteiger partial charge is 0.325 e. The highest BCUT2D eigenvalue weighted by Crippen LogP contribution is 2.19. The van der Waals surface area contributed by atoms with Gasteiger partial charge >= 0.3 is 0 Å². The number of fused-ring (bicyclic) bond motifs is 1. The zero-order valence-electron chi connectivity index (χ0n) is 9.36. The molecule has 2 aromatic heterocycles. The van der Waals surface area contributed by atoms with Crippen molar-refractivity contribution in [1.82, 2.24) is 14.5 Å². The molecular formula is C11H16N4. The molecule has 0 atom stereocenters. The highest BCUT2D eigenvalue weighted by Gasteiger charge is 2.11. The molecule has 0 unspecified atom stereocenters. The Morgan fingerprint density at radius 1 is 1.33 bits per heavy atom. The quantitative estimate of drug-likeness (QED) is 0.807. The van der Waals surface area contributed by atoms with E-state index < -0.39 is 0 Å². The lowest BCUT2D eigenvalue weighted by atomic mass is 10.2. The molecule has 0 spiro atoms. The smallest absolute Gasteiger partial charge is 0.160 e. The Morgan fingerprint density at radius 3 is 2.67 bits per heavy atom. The number of rotatable bonds is 2. The van der Waals surface area contributed by atoms with E-state index in [1.165, 1.54) is 0 Å². The van der Waals surface area contributed by atoms with Crippen LogP contribution in [0.1, 0.15) is 31.3 Å². The first kappa shape index (κ1) is 10.1. The summed E-state index contributed by atoms with van der Waals surface area (Å²) in [7, 11) is 2.00. The monoisotopic (exact) mass is 204 g/mol. The van der Waals surface area contributed by atoms with Crippen LogP contribution in [0.2, 0.25) is 0 Å². The van der Waals surface area contributed by atoms with E-state index in [9.17, 15) is 0 Å². The first-order chi connectivity index (χ1) is 7.13. The maximum Gasteiger partial charge on any atom is 0.160 e. The summed E-state index contributed by atoms with van der Waals surface area (Å²) in [6, 6.07) is 3.91. The van der Waals surface area contributed by atoms with E-state index >= 15 is 0 Å². The van der Waals surface area contributed by atoms with Gasteiger partial charge in [-0.15, -0.1) is 0 Å². The molecule has 0 bridgehead atoms. The van der Waals surface area contributed by atoms with Gasteiger partial charge in [-0.1, -0.05) is 13.8 Å². The van der Waals surface area contributed by atoms with Gasteiger partial charge in [0.1, 0.15) is 11.3 Å². The van der Waals surface area contributed by atoms with Crippen LogP contribution in [0.25, 0.3) is 11.2 Å². The molecule has 2 N–H and O–H groups in total. The van der Waals surface area contributed by atoms with Crippen molar-refractivity contribution >= 4 is 11.2 Å². The second-order valence-electron chi connectivity index (χ2n) is 4.03. The van der Waals surface area contributed by atoms with Crippen molar-refractivity contribution in [3.63, 3.8) is 0 Å². The molecule has 2 aromatic rings. The lowest BCUT2D eigenvalue weighted by molar-refractivity contribution is 0.718. The molecule has 15 heavy (non-hydrogen) atoms. The molecule has 0 fully saturated rings. The SMILES string of the molecule is CC(C)c1nc2ccc(CN)nc2n1C. The predicted octanol–water partition coefficient (Wildman–Crippen LogP) is 1.55. The number of hydrogen-bond donors (Lipinski definition) is 1. The van der Waals surface area contributed by atoms with Crippen LogP contribution in [-0.2, 0) is 13.6 Å². The maximum atomic E-state index is 5.57. The molecule has 2 heterocycles. The van der Waals surface area contributed by atoms with Crippen molar-refractivity contribution in [3.8, 4) is 0 Å². The number of nitrogens with zero attached hydrogens (tertiary/aromatic N) is 3. The molecular weight excluding hydrogens is 188 g/mol. The molecule has 0 aliphatic heterocycles. The topological polar surface area (TPSA) is 56.7 Å². The number of aromatic nitrogens is 3. The summed E-state index contributed by atoms with van der Waals surface area (Å²) in [4.78, 5) is 9.02. The molecule has 0 aliphatic rings. The lowest BCUT2D eigenvalue weighted by Gasteiger charge is -2.04. The minimum absolute atomic E-state index is 0.408. The third kappa shape index (κ3) is 1.61. The van der Waals surface area contributed by atoms with E-state index in [1.54, 1.807) is 0 Å². The highest BCUT2D eigenvalue weighted by molar-refractivity contribution is 5.71. The van der Waals surface area contributed by atoms with Gasteiger partial charge in [0.15, 0.2) is 5.65 Å². The van der Waals surface area contributed by atoms with Gasteiger partial charge in [-0.3, -0.25) is 0 Å². The molecule has 0 amide bonds. The second kappa shape index (κ2) is 3.62. The van der Waals surface area contributed by atoms with Crippen molar-refractivity contribution in [1.29, 1.82) is 0 Å². The predicted molar refractivity (Wildman–Crippen MR) is 60.5 cm³/mol. The Hall–Kier alpha value is -1.42. The summed E-state index contributed by atoms with van der Waals surface area (Å²) < 4.78 is 2.04. The van der Waals surface area contributed by atoms with Gasteiger partial charge < -0.3 is 10.3 Å². The molecule has 0 saturated carbocycles. The van der Waals surface area contributed by atoms with Crippen LogP contribution < -0.4 is 5.73 Å². The molecule has 2 rings (SSSR count). The fourth-order valence-corrected chi connectivity index (χ4v) is 1.75. The Morgan fingerprint density at radius 2 is 2.07 bits per heavy atom. The number of aryl methyl sites for hydroxylation is 1. The van der Waals surface area contributed by atoms with Gasteiger partial charge in [-0.05, 0) is 12.1 Å². The third-order valence-electron chi connectivity index (χ3n) is 2.53. The summed E-state index contributed by atoms with van der Waals surface area (Å²) in [5.74, 6) is 1.47. The molecule has 4 heteroatoms. The summed E-state index contributed by atoms with van der Waals surface area (Å²) >= 11 is 0. The number of hydrogen-bond acceptors (Lipinski definition) is 3. The molecule has 0 aliphatic carbocycles. The van der Waals surface area contributed by atoms with E-state index in [2.05, 4.69) is 23.8 Å². The first-order valence-corrected chi connectivity index (χ1v) is 5.15. The van der Waals surface area contributed by atoms with Crippen LogP contribution >= 0.6 is 0 Å². The second-order valence-corrected chi connectivity index (χ2v) is 4.03. The van der Waals surface area contributed by atoms with Crippen molar-refractivity contribution in [3.05, 3.63) is 23.7 Å². The average Bonchev–Trinajstić information content (AvgIpc) is 2.56. The van der Waals surface area contributed by atoms with Gasteiger partial charge in [0, 0.05) is 19.5 Å². The molecule has 4 nitrogen and oxygen atoms in total. The normalized spacial score (nSPS) is 11.5. The summed E-state index contributed by atoms with van der Waals surface area (Å²) in [5.41, 5.74) is 8.33. The molecule has 0 radical (unpaired) electrons. The van der Waals surface area contributed by atoms with E-state index in [0.717, 1.165) is 22.7 Å². The van der Waals surface area contributed by atoms with Crippen molar-refractivity contribution < 1.29 is 0 Å². The Balaban J connectivity index is 2.66. The minimum Gasteiger partial charge on any atom is -0.325 e. The van der Waals surface area contributed by atoms with Crippen molar-refractivity contribution in [2.45, 2.75) is 26.3 Å². The summed E-state index contributed by atoms with van der Waals surface area (Å²) in [6.07, 6.45) is 0. The van der Waals surface area contributed by atoms with Crippen molar-refractivity contribution in [2.75, 3.05) is 0 Å². The van der Waals surface area contributed by atoms with Crippen LogP contribution in [-0.4, -0.2) is 14.5 Å². The van der Waals surface area contributed by atoms with Crippen LogP contribution in [0, 0.1) is 0 Å². The number of nitrogens with two attached hydrogens (primary N) is 1. The first-order valence-electron chi connectivity index (χ1n) is 5.15. The third-order valence-corrected chi connectivity index (χ3v) is 2.53. The van der Waals surface area contributed by atoms with Gasteiger partial charge in [-0.25, -0.2) is 9.97 Å². The zero-order chi connectivity index (χ0) is 11.0. The number of imidazole rings is 1. The summed E-state index contributed by atoms with van der Waals surface area (Å²) in [5, 5.41) is 0. The molecule has 80 valence electrons. The van der Waals surface area contributed by atoms with Crippen LogP contribution in [0.4, 0.5) is 0 Å². The van der Waals surface area contributed by atoms with E-state index in [0.29, 0.717) is 12.5 Å². The highest BCUT2D eigenvalue weighted by atomic mass is 15.1. The van der Waals surface area contributed by atoms with Crippen LogP contribution in [0.5, 0.6) is 0 Å².